The summed E-state index contributed by atoms with van der Waals surface area (Å²) in [7, 11) is -4.74. The molecule has 2 amide bonds. The van der Waals surface area contributed by atoms with Crippen molar-refractivity contribution in [1.82, 2.24) is 24.8 Å². The molecule has 3 unspecified atom stereocenters. The average Bonchev–Trinajstić information content (AvgIpc) is 3.62. The summed E-state index contributed by atoms with van der Waals surface area (Å²) in [5, 5.41) is 5.54. The van der Waals surface area contributed by atoms with Crippen molar-refractivity contribution < 1.29 is 37.9 Å². The Morgan fingerprint density at radius 1 is 1.08 bits per heavy atom. The van der Waals surface area contributed by atoms with Crippen LogP contribution in [0.5, 0.6) is 0 Å². The van der Waals surface area contributed by atoms with Crippen molar-refractivity contribution in [2.24, 2.45) is 0 Å². The summed E-state index contributed by atoms with van der Waals surface area (Å²) in [6.07, 6.45) is 3.20. The van der Waals surface area contributed by atoms with Crippen LogP contribution in [0.25, 0.3) is 11.2 Å². The molecular formula is C24H31N6O8P. The maximum atomic E-state index is 12.4. The number of aromatic nitrogens is 4. The fourth-order valence-electron chi connectivity index (χ4n) is 4.67. The van der Waals surface area contributed by atoms with E-state index < -0.39 is 51.3 Å². The van der Waals surface area contributed by atoms with Gasteiger partial charge in [-0.3, -0.25) is 14.4 Å². The van der Waals surface area contributed by atoms with Crippen molar-refractivity contribution >= 4 is 30.8 Å². The molecule has 15 heteroatoms. The van der Waals surface area contributed by atoms with Crippen molar-refractivity contribution in [3.05, 3.63) is 48.5 Å². The smallest absolute Gasteiger partial charge is 0.347 e. The molecule has 2 aliphatic heterocycles. The Bertz CT molecular complexity index is 1320. The van der Waals surface area contributed by atoms with Crippen LogP contribution < -0.4 is 10.6 Å². The number of anilines is 1. The van der Waals surface area contributed by atoms with Gasteiger partial charge in [0.05, 0.1) is 12.9 Å². The van der Waals surface area contributed by atoms with Crippen LogP contribution >= 0.6 is 7.82 Å². The van der Waals surface area contributed by atoms with Crippen LogP contribution in [0.4, 0.5) is 10.6 Å². The van der Waals surface area contributed by atoms with Gasteiger partial charge in [0.2, 0.25) is 0 Å². The summed E-state index contributed by atoms with van der Waals surface area (Å²) in [6, 6.07) is 8.90. The zero-order chi connectivity index (χ0) is 27.4. The molecule has 0 radical (unpaired) electrons. The molecule has 0 saturated carbocycles. The quantitative estimate of drug-likeness (QED) is 0.199. The lowest BCUT2D eigenvalue weighted by atomic mass is 10.1. The van der Waals surface area contributed by atoms with E-state index in [0.29, 0.717) is 17.7 Å². The summed E-state index contributed by atoms with van der Waals surface area (Å²) in [6.45, 7) is 2.26. The minimum atomic E-state index is -4.74. The van der Waals surface area contributed by atoms with E-state index in [1.54, 1.807) is 4.57 Å². The number of nitrogens with one attached hydrogen (secondary N) is 2. The third kappa shape index (κ3) is 6.44. The lowest BCUT2D eigenvalue weighted by Crippen LogP contribution is -2.31. The molecule has 14 nitrogen and oxygen atoms in total. The molecule has 2 aromatic heterocycles. The number of amides is 2. The molecule has 5 atom stereocenters. The number of nitrogens with zero attached hydrogens (tertiary/aromatic N) is 4. The number of carbonyl (C=O) groups excluding carboxylic acids is 1. The molecule has 39 heavy (non-hydrogen) atoms. The van der Waals surface area contributed by atoms with Gasteiger partial charge in [0.15, 0.2) is 29.5 Å². The van der Waals surface area contributed by atoms with Gasteiger partial charge in [-0.15, -0.1) is 0 Å². The highest BCUT2D eigenvalue weighted by atomic mass is 31.2. The second kappa shape index (κ2) is 12.0. The number of unbranched alkanes of at least 4 members (excludes halogenated alkanes) is 3. The lowest BCUT2D eigenvalue weighted by Gasteiger charge is -2.21. The highest BCUT2D eigenvalue weighted by Crippen LogP contribution is 2.46. The average molecular weight is 563 g/mol. The molecule has 1 aromatic carbocycles. The number of rotatable bonds is 11. The van der Waals surface area contributed by atoms with Crippen molar-refractivity contribution in [1.29, 1.82) is 0 Å². The first-order valence-corrected chi connectivity index (χ1v) is 14.3. The summed E-state index contributed by atoms with van der Waals surface area (Å²) >= 11 is 0. The molecule has 210 valence electrons. The summed E-state index contributed by atoms with van der Waals surface area (Å²) in [5.74, 6) is 0.228. The molecule has 4 heterocycles. The Balaban J connectivity index is 1.35. The molecule has 2 saturated heterocycles. The second-order valence-electron chi connectivity index (χ2n) is 9.28. The number of ether oxygens (including phenoxy) is 3. The number of hydrogen-bond donors (Lipinski definition) is 4. The standard InChI is InChI=1S/C24H31N6O8P/c1-2-3-4-8-11-25-24(31)29-20-17-21(27-13-26-20)30(14-28-17)22-19-18(16(36-22)12-35-39(32,33)34)37-23(38-19)15-9-6-5-7-10-15/h5-7,9-10,13-14,16,18-19,22-23H,2-4,8,11-12H2,1H3,(H2,32,33,34)(H2,25,26,27,29,31)/t16-,18?,19?,22-,23?/m1/s1. The largest absolute Gasteiger partial charge is 0.469 e. The van der Waals surface area contributed by atoms with Gasteiger partial charge in [0.1, 0.15) is 24.6 Å². The Kier molecular flexibility index (Phi) is 8.52. The zero-order valence-corrected chi connectivity index (χ0v) is 22.1. The van der Waals surface area contributed by atoms with Crippen LogP contribution in [0.3, 0.4) is 0 Å². The minimum absolute atomic E-state index is 0.228. The summed E-state index contributed by atoms with van der Waals surface area (Å²) in [5.41, 5.74) is 1.49. The molecule has 2 aliphatic rings. The molecule has 5 rings (SSSR count). The third-order valence-corrected chi connectivity index (χ3v) is 6.99. The van der Waals surface area contributed by atoms with Gasteiger partial charge in [-0.05, 0) is 6.42 Å². The maximum absolute atomic E-state index is 12.4. The highest BCUT2D eigenvalue weighted by molar-refractivity contribution is 7.46. The van der Waals surface area contributed by atoms with Gasteiger partial charge in [0.25, 0.3) is 0 Å². The fraction of sp³-hybridized carbons (Fsp3) is 0.500. The van der Waals surface area contributed by atoms with E-state index in [2.05, 4.69) is 32.5 Å². The molecule has 4 N–H and O–H groups in total. The topological polar surface area (TPSA) is 179 Å². The Labute approximate surface area is 224 Å². The summed E-state index contributed by atoms with van der Waals surface area (Å²) < 4.78 is 36.2. The monoisotopic (exact) mass is 562 g/mol. The normalized spacial score (nSPS) is 24.6. The number of fused-ring (bicyclic) bond motifs is 2. The Morgan fingerprint density at radius 3 is 2.64 bits per heavy atom. The first kappa shape index (κ1) is 27.6. The van der Waals surface area contributed by atoms with E-state index in [4.69, 9.17) is 18.7 Å². The molecule has 0 spiro atoms. The van der Waals surface area contributed by atoms with Crippen molar-refractivity contribution in [3.8, 4) is 0 Å². The molecule has 3 aromatic rings. The Hall–Kier alpha value is -2.97. The molecule has 0 aliphatic carbocycles. The number of phosphoric acid groups is 1. The highest BCUT2D eigenvalue weighted by Gasteiger charge is 2.54. The fourth-order valence-corrected chi connectivity index (χ4v) is 5.01. The predicted molar refractivity (Wildman–Crippen MR) is 137 cm³/mol. The number of phosphoric ester groups is 1. The molecular weight excluding hydrogens is 531 g/mol. The van der Waals surface area contributed by atoms with E-state index >= 15 is 0 Å². The zero-order valence-electron chi connectivity index (χ0n) is 21.3. The first-order valence-electron chi connectivity index (χ1n) is 12.8. The van der Waals surface area contributed by atoms with E-state index in [9.17, 15) is 19.1 Å². The lowest BCUT2D eigenvalue weighted by molar-refractivity contribution is -0.152. The summed E-state index contributed by atoms with van der Waals surface area (Å²) in [4.78, 5) is 43.8. The first-order chi connectivity index (χ1) is 18.8. The van der Waals surface area contributed by atoms with Crippen molar-refractivity contribution in [3.63, 3.8) is 0 Å². The van der Waals surface area contributed by atoms with Crippen molar-refractivity contribution in [2.45, 2.75) is 63.4 Å². The number of imidazole rings is 1. The van der Waals surface area contributed by atoms with Crippen molar-refractivity contribution in [2.75, 3.05) is 18.5 Å². The van der Waals surface area contributed by atoms with Gasteiger partial charge in [-0.25, -0.2) is 24.3 Å². The van der Waals surface area contributed by atoms with Crippen LogP contribution in [0.2, 0.25) is 0 Å². The maximum Gasteiger partial charge on any atom is 0.469 e. The minimum Gasteiger partial charge on any atom is -0.347 e. The van der Waals surface area contributed by atoms with E-state index in [-0.39, 0.29) is 5.82 Å². The Morgan fingerprint density at radius 2 is 1.87 bits per heavy atom. The van der Waals surface area contributed by atoms with Crippen LogP contribution in [0, 0.1) is 0 Å². The number of urea groups is 1. The predicted octanol–water partition coefficient (Wildman–Crippen LogP) is 3.02. The van der Waals surface area contributed by atoms with E-state index in [0.717, 1.165) is 31.2 Å². The van der Waals surface area contributed by atoms with Crippen LogP contribution in [-0.4, -0.2) is 66.8 Å². The van der Waals surface area contributed by atoms with Gasteiger partial charge in [-0.2, -0.15) is 0 Å². The van der Waals surface area contributed by atoms with Crippen LogP contribution in [-0.2, 0) is 23.3 Å². The SMILES string of the molecule is CCCCCCNC(=O)Nc1ncnc2c1ncn2[C@@H]1O[C@H](COP(=O)(O)O)C2OC(c3ccccc3)OC21. The molecule has 2 fully saturated rings. The van der Waals surface area contributed by atoms with E-state index in [1.165, 1.54) is 12.7 Å². The third-order valence-electron chi connectivity index (χ3n) is 6.51. The van der Waals surface area contributed by atoms with E-state index in [1.807, 2.05) is 30.3 Å². The van der Waals surface area contributed by atoms with Gasteiger partial charge >= 0.3 is 13.9 Å². The second-order valence-corrected chi connectivity index (χ2v) is 10.5. The van der Waals surface area contributed by atoms with Crippen LogP contribution in [0.15, 0.2) is 43.0 Å². The number of hydrogen-bond acceptors (Lipinski definition) is 9. The van der Waals surface area contributed by atoms with Gasteiger partial charge in [0, 0.05) is 12.1 Å². The van der Waals surface area contributed by atoms with Gasteiger partial charge in [-0.1, -0.05) is 56.5 Å². The number of benzene rings is 1. The van der Waals surface area contributed by atoms with Crippen LogP contribution in [0.1, 0.15) is 50.7 Å². The molecule has 0 bridgehead atoms. The number of carbonyl (C=O) groups is 1. The van der Waals surface area contributed by atoms with Gasteiger partial charge < -0.3 is 29.3 Å².